The maximum absolute atomic E-state index is 13.2. The molecule has 3 aromatic heterocycles. The van der Waals surface area contributed by atoms with E-state index in [1.165, 1.54) is 0 Å². The quantitative estimate of drug-likeness (QED) is 0.600. The number of fused-ring (bicyclic) bond motifs is 1. The fourth-order valence-electron chi connectivity index (χ4n) is 4.32. The second kappa shape index (κ2) is 9.15. The van der Waals surface area contributed by atoms with Gasteiger partial charge in [-0.1, -0.05) is 5.57 Å². The molecule has 8 heteroatoms. The smallest absolute Gasteiger partial charge is 0.254 e. The molecule has 2 amide bonds. The first-order chi connectivity index (χ1) is 15.7. The van der Waals surface area contributed by atoms with Crippen LogP contribution in [0.4, 0.5) is 0 Å². The molecule has 3 aromatic rings. The Morgan fingerprint density at radius 1 is 1.24 bits per heavy atom. The van der Waals surface area contributed by atoms with E-state index in [-0.39, 0.29) is 24.5 Å². The van der Waals surface area contributed by atoms with Crippen LogP contribution < -0.4 is 5.32 Å². The first kappa shape index (κ1) is 22.7. The van der Waals surface area contributed by atoms with Gasteiger partial charge in [-0.25, -0.2) is 4.99 Å². The maximum atomic E-state index is 13.2. The zero-order valence-electron chi connectivity index (χ0n) is 19.6. The van der Waals surface area contributed by atoms with Crippen LogP contribution in [0.15, 0.2) is 53.3 Å². The summed E-state index contributed by atoms with van der Waals surface area (Å²) in [5.41, 5.74) is 5.65. The van der Waals surface area contributed by atoms with E-state index >= 15 is 0 Å². The number of aliphatic imine (C=N–C) groups is 1. The summed E-state index contributed by atoms with van der Waals surface area (Å²) in [6, 6.07) is 7.69. The van der Waals surface area contributed by atoms with E-state index in [9.17, 15) is 9.59 Å². The lowest BCUT2D eigenvalue weighted by atomic mass is 9.95. The number of aromatic nitrogens is 3. The number of dihydropyridines is 1. The van der Waals surface area contributed by atoms with Gasteiger partial charge in [0, 0.05) is 42.8 Å². The molecule has 1 aliphatic heterocycles. The number of carbonyl (C=O) groups is 2. The van der Waals surface area contributed by atoms with Crippen LogP contribution in [0.1, 0.15) is 54.2 Å². The van der Waals surface area contributed by atoms with Gasteiger partial charge in [0.2, 0.25) is 0 Å². The largest absolute Gasteiger partial charge is 0.366 e. The van der Waals surface area contributed by atoms with Gasteiger partial charge in [-0.2, -0.15) is 5.10 Å². The van der Waals surface area contributed by atoms with Crippen LogP contribution in [0, 0.1) is 12.8 Å². The molecule has 4 rings (SSSR count). The lowest BCUT2D eigenvalue weighted by Gasteiger charge is -2.22. The van der Waals surface area contributed by atoms with Crippen molar-refractivity contribution in [1.82, 2.24) is 19.5 Å². The monoisotopic (exact) mass is 447 g/mol. The highest BCUT2D eigenvalue weighted by Crippen LogP contribution is 2.27. The summed E-state index contributed by atoms with van der Waals surface area (Å²) in [7, 11) is 1.87. The van der Waals surface area contributed by atoms with Gasteiger partial charge in [0.15, 0.2) is 0 Å². The number of pyridine rings is 1. The first-order valence-electron chi connectivity index (χ1n) is 11.0. The number of ether oxygens (including phenoxy) is 1. The summed E-state index contributed by atoms with van der Waals surface area (Å²) in [6.45, 7) is 8.17. The number of nitrogens with one attached hydrogen (secondary N) is 1. The van der Waals surface area contributed by atoms with Crippen LogP contribution >= 0.6 is 0 Å². The number of carbonyl (C=O) groups excluding carboxylic acids is 2. The van der Waals surface area contributed by atoms with Crippen LogP contribution in [0.3, 0.4) is 0 Å². The molecular weight excluding hydrogens is 418 g/mol. The molecule has 0 saturated heterocycles. The van der Waals surface area contributed by atoms with E-state index in [1.807, 2.05) is 75.0 Å². The third kappa shape index (κ3) is 4.66. The van der Waals surface area contributed by atoms with E-state index < -0.39 is 5.92 Å². The molecule has 1 N–H and O–H groups in total. The molecule has 0 aliphatic carbocycles. The van der Waals surface area contributed by atoms with Crippen molar-refractivity contribution in [1.29, 1.82) is 0 Å². The Balaban J connectivity index is 1.55. The van der Waals surface area contributed by atoms with Crippen molar-refractivity contribution < 1.29 is 14.3 Å². The summed E-state index contributed by atoms with van der Waals surface area (Å²) in [5.74, 6) is -0.875. The fraction of sp³-hybridized carbons (Fsp3) is 0.360. The normalized spacial score (nSPS) is 17.1. The van der Waals surface area contributed by atoms with E-state index in [0.717, 1.165) is 28.0 Å². The number of allylic oxidation sites excluding steroid dienone is 1. The third-order valence-corrected chi connectivity index (χ3v) is 6.04. The minimum atomic E-state index is -0.435. The molecule has 172 valence electrons. The highest BCUT2D eigenvalue weighted by Gasteiger charge is 2.25. The maximum Gasteiger partial charge on any atom is 0.254 e. The number of amides is 2. The third-order valence-electron chi connectivity index (χ3n) is 6.04. The molecule has 4 heterocycles. The topological polar surface area (TPSA) is 90.0 Å². The number of hydrogen-bond acceptors (Lipinski definition) is 4. The van der Waals surface area contributed by atoms with Crippen molar-refractivity contribution in [2.24, 2.45) is 18.0 Å². The lowest BCUT2D eigenvalue weighted by Crippen LogP contribution is -2.35. The molecule has 0 bridgehead atoms. The Morgan fingerprint density at radius 3 is 2.73 bits per heavy atom. The van der Waals surface area contributed by atoms with Crippen LogP contribution in [0.25, 0.3) is 5.52 Å². The second-order valence-corrected chi connectivity index (χ2v) is 8.55. The molecule has 33 heavy (non-hydrogen) atoms. The van der Waals surface area contributed by atoms with E-state index in [0.29, 0.717) is 17.9 Å². The average Bonchev–Trinajstić information content (AvgIpc) is 3.39. The van der Waals surface area contributed by atoms with E-state index in [2.05, 4.69) is 15.4 Å². The summed E-state index contributed by atoms with van der Waals surface area (Å²) < 4.78 is 9.90. The fourth-order valence-corrected chi connectivity index (χ4v) is 4.32. The summed E-state index contributed by atoms with van der Waals surface area (Å²) in [5, 5.41) is 7.30. The second-order valence-electron chi connectivity index (χ2n) is 8.55. The Kier molecular flexibility index (Phi) is 6.29. The SMILES string of the molecule is CC1=CC(C)=NC(=O)C1CNC(=O)c1cc2cccn2c(C(C)OCc2ccn(C)n2)c1C. The van der Waals surface area contributed by atoms with Gasteiger partial charge in [-0.15, -0.1) is 0 Å². The van der Waals surface area contributed by atoms with Gasteiger partial charge in [0.05, 0.1) is 30.0 Å². The molecule has 2 atom stereocenters. The predicted octanol–water partition coefficient (Wildman–Crippen LogP) is 3.55. The van der Waals surface area contributed by atoms with Crippen LogP contribution in [0.5, 0.6) is 0 Å². The molecular formula is C25H29N5O3. The molecule has 1 aliphatic rings. The van der Waals surface area contributed by atoms with Crippen molar-refractivity contribution in [3.05, 3.63) is 70.8 Å². The van der Waals surface area contributed by atoms with Crippen LogP contribution in [0.2, 0.25) is 0 Å². The molecule has 2 unspecified atom stereocenters. The lowest BCUT2D eigenvalue weighted by molar-refractivity contribution is -0.120. The van der Waals surface area contributed by atoms with Crippen molar-refractivity contribution in [2.75, 3.05) is 6.54 Å². The number of aryl methyl sites for hydroxylation is 1. The van der Waals surface area contributed by atoms with Gasteiger partial charge in [-0.3, -0.25) is 14.3 Å². The zero-order chi connectivity index (χ0) is 23.7. The molecule has 0 radical (unpaired) electrons. The van der Waals surface area contributed by atoms with Crippen LogP contribution in [-0.2, 0) is 23.2 Å². The molecule has 0 spiro atoms. The Hall–Kier alpha value is -3.52. The zero-order valence-corrected chi connectivity index (χ0v) is 19.6. The summed E-state index contributed by atoms with van der Waals surface area (Å²) in [6.07, 6.45) is 5.46. The van der Waals surface area contributed by atoms with E-state index in [1.54, 1.807) is 11.6 Å². The van der Waals surface area contributed by atoms with Gasteiger partial charge < -0.3 is 14.5 Å². The Labute approximate surface area is 193 Å². The van der Waals surface area contributed by atoms with Crippen molar-refractivity contribution in [2.45, 2.75) is 40.4 Å². The Morgan fingerprint density at radius 2 is 2.03 bits per heavy atom. The number of hydrogen-bond donors (Lipinski definition) is 1. The van der Waals surface area contributed by atoms with Crippen LogP contribution in [-0.4, -0.2) is 38.3 Å². The predicted molar refractivity (Wildman–Crippen MR) is 126 cm³/mol. The van der Waals surface area contributed by atoms with Gasteiger partial charge >= 0.3 is 0 Å². The Bertz CT molecular complexity index is 1280. The molecule has 0 fully saturated rings. The molecule has 0 aromatic carbocycles. The van der Waals surface area contributed by atoms with E-state index in [4.69, 9.17) is 4.74 Å². The summed E-state index contributed by atoms with van der Waals surface area (Å²) >= 11 is 0. The number of rotatable bonds is 7. The molecule has 8 nitrogen and oxygen atoms in total. The minimum absolute atomic E-state index is 0.212. The number of nitrogens with zero attached hydrogens (tertiary/aromatic N) is 4. The first-order valence-corrected chi connectivity index (χ1v) is 11.0. The van der Waals surface area contributed by atoms with Gasteiger partial charge in [-0.05, 0) is 63.6 Å². The van der Waals surface area contributed by atoms with Gasteiger partial charge in [0.1, 0.15) is 0 Å². The van der Waals surface area contributed by atoms with Crippen molar-refractivity contribution in [3.8, 4) is 0 Å². The minimum Gasteiger partial charge on any atom is -0.366 e. The van der Waals surface area contributed by atoms with Gasteiger partial charge in [0.25, 0.3) is 11.8 Å². The van der Waals surface area contributed by atoms with Crippen molar-refractivity contribution in [3.63, 3.8) is 0 Å². The highest BCUT2D eigenvalue weighted by atomic mass is 16.5. The summed E-state index contributed by atoms with van der Waals surface area (Å²) in [4.78, 5) is 29.5. The molecule has 0 saturated carbocycles. The standard InChI is InChI=1S/C25H29N5O3/c1-15-11-16(2)27-25(32)22(15)13-26-24(31)21-12-20-7-6-9-30(20)23(17(21)3)18(4)33-14-19-8-10-29(5)28-19/h6-12,18,22H,13-14H2,1-5H3,(H,26,31). The highest BCUT2D eigenvalue weighted by molar-refractivity contribution is 6.06. The average molecular weight is 448 g/mol. The van der Waals surface area contributed by atoms with Crippen molar-refractivity contribution >= 4 is 23.0 Å².